The molecular weight excluding hydrogens is 1010 g/mol. The van der Waals surface area contributed by atoms with Crippen LogP contribution in [0.3, 0.4) is 0 Å². The number of esters is 3. The molecule has 0 radical (unpaired) electrons. The third-order valence-corrected chi connectivity index (χ3v) is 11.8. The molecule has 0 spiro atoms. The summed E-state index contributed by atoms with van der Waals surface area (Å²) in [5, 5.41) is 189. The first kappa shape index (κ1) is 51.4. The molecule has 2 aliphatic heterocycles. The van der Waals surface area contributed by atoms with Crippen molar-refractivity contribution in [3.8, 4) is 103 Å². The number of aliphatic hydroxyl groups is 2. The summed E-state index contributed by atoms with van der Waals surface area (Å²) in [6.07, 6.45) is -14.6. The van der Waals surface area contributed by atoms with Crippen LogP contribution in [-0.2, 0) is 18.9 Å². The van der Waals surface area contributed by atoms with E-state index in [2.05, 4.69) is 0 Å². The molecule has 0 unspecified atom stereocenters. The Kier molecular flexibility index (Phi) is 13.4. The van der Waals surface area contributed by atoms with E-state index in [1.165, 1.54) is 0 Å². The molecule has 0 amide bonds. The molecule has 1 fully saturated rings. The molecule has 2 aliphatic rings. The first-order valence-electron chi connectivity index (χ1n) is 21.4. The van der Waals surface area contributed by atoms with E-state index in [1.807, 2.05) is 0 Å². The van der Waals surface area contributed by atoms with E-state index in [1.54, 1.807) is 0 Å². The Balaban J connectivity index is 1.23. The van der Waals surface area contributed by atoms with Gasteiger partial charge in [0.2, 0.25) is 6.29 Å². The number of benzene rings is 6. The molecule has 0 aliphatic carbocycles. The summed E-state index contributed by atoms with van der Waals surface area (Å²) >= 11 is 0. The average molecular weight is 1050 g/mol. The molecule has 394 valence electrons. The molecule has 8 atom stereocenters. The second-order valence-electron chi connectivity index (χ2n) is 16.7. The Labute approximate surface area is 417 Å². The molecule has 2 heterocycles. The van der Waals surface area contributed by atoms with E-state index in [4.69, 9.17) is 28.4 Å². The van der Waals surface area contributed by atoms with Crippen LogP contribution in [0.2, 0.25) is 0 Å². The largest absolute Gasteiger partial charge is 0.508 e. The van der Waals surface area contributed by atoms with Crippen LogP contribution in [0.5, 0.6) is 103 Å². The lowest BCUT2D eigenvalue weighted by molar-refractivity contribution is -0.276. The number of carbonyl (C=O) groups excluding carboxylic acids is 3. The average Bonchev–Trinajstić information content (AvgIpc) is 3.34. The van der Waals surface area contributed by atoms with E-state index in [-0.39, 0.29) is 5.56 Å². The molecule has 6 aromatic rings. The van der Waals surface area contributed by atoms with E-state index in [9.17, 15) is 106 Å². The second-order valence-corrected chi connectivity index (χ2v) is 16.7. The minimum absolute atomic E-state index is 0.364. The smallest absolute Gasteiger partial charge is 0.339 e. The molecule has 18 N–H and O–H groups in total. The second kappa shape index (κ2) is 19.6. The Bertz CT molecular complexity index is 3160. The number of phenolic OH excluding ortho intramolecular Hbond substituents is 16. The third kappa shape index (κ3) is 9.73. The summed E-state index contributed by atoms with van der Waals surface area (Å²) in [7, 11) is 0. The van der Waals surface area contributed by atoms with Crippen LogP contribution in [0.15, 0.2) is 72.8 Å². The van der Waals surface area contributed by atoms with Crippen LogP contribution >= 0.6 is 0 Å². The fourth-order valence-corrected chi connectivity index (χ4v) is 8.21. The normalized spacial score (nSPS) is 21.0. The quantitative estimate of drug-likeness (QED) is 0.0503. The van der Waals surface area contributed by atoms with Crippen LogP contribution in [-0.4, -0.2) is 153 Å². The van der Waals surface area contributed by atoms with Crippen molar-refractivity contribution < 1.29 is 135 Å². The highest BCUT2D eigenvalue weighted by atomic mass is 16.7. The van der Waals surface area contributed by atoms with Gasteiger partial charge in [-0.05, 0) is 48.5 Å². The van der Waals surface area contributed by atoms with E-state index < -0.39 is 205 Å². The van der Waals surface area contributed by atoms with E-state index in [0.29, 0.717) is 36.4 Å². The Hall–Kier alpha value is -9.99. The van der Waals surface area contributed by atoms with Gasteiger partial charge in [-0.25, -0.2) is 14.4 Å². The number of fused-ring (bicyclic) bond motifs is 1. The number of aliphatic hydroxyl groups excluding tert-OH is 2. The maximum Gasteiger partial charge on any atom is 0.339 e. The molecular formula is C48H40O27. The topological polar surface area (TPSA) is 471 Å². The number of carbonyl (C=O) groups is 3. The van der Waals surface area contributed by atoms with Crippen molar-refractivity contribution in [1.29, 1.82) is 0 Å². The van der Waals surface area contributed by atoms with Crippen molar-refractivity contribution >= 4 is 17.9 Å². The van der Waals surface area contributed by atoms with Crippen LogP contribution in [0.1, 0.15) is 59.8 Å². The zero-order valence-electron chi connectivity index (χ0n) is 37.5. The number of hydrogen-bond donors (Lipinski definition) is 18. The van der Waals surface area contributed by atoms with Gasteiger partial charge in [-0.15, -0.1) is 0 Å². The standard InChI is InChI=1S/C48H40O27/c49-18-9-20(50)33(21(51)10-18)35-34-22(52)11-19(12-31(34)72-42(14-1-23(53)36(61)24(54)2-14)43(35)74-46(68)16-5-27(57)38(63)28(58)6-16)71-48-44(75-47(69)17-7-29(59)39(64)30(60)8-17)41(66)40(65)32(73-48)13-70-45(67)15-3-25(55)37(62)26(56)4-15/h1-12,32,35,40-44,48-66H,13H2/t32-,35+,40+,41-,42+,43-,44+,48+/m0/s1. The van der Waals surface area contributed by atoms with Crippen LogP contribution in [0.4, 0.5) is 0 Å². The first-order valence-corrected chi connectivity index (χ1v) is 21.4. The van der Waals surface area contributed by atoms with Gasteiger partial charge in [0.15, 0.2) is 87.3 Å². The molecule has 8 rings (SSSR count). The summed E-state index contributed by atoms with van der Waals surface area (Å²) in [6.45, 7) is -0.989. The van der Waals surface area contributed by atoms with Crippen molar-refractivity contribution in [3.05, 3.63) is 106 Å². The molecule has 0 bridgehead atoms. The van der Waals surface area contributed by atoms with Gasteiger partial charge in [0.05, 0.1) is 22.6 Å². The zero-order chi connectivity index (χ0) is 54.6. The molecule has 0 aromatic heterocycles. The van der Waals surface area contributed by atoms with Crippen LogP contribution in [0, 0.1) is 0 Å². The van der Waals surface area contributed by atoms with Crippen molar-refractivity contribution in [2.45, 2.75) is 48.8 Å². The summed E-state index contributed by atoms with van der Waals surface area (Å²) in [5.74, 6) is -22.7. The zero-order valence-corrected chi connectivity index (χ0v) is 37.5. The lowest BCUT2D eigenvalue weighted by Gasteiger charge is -2.42. The maximum atomic E-state index is 13.9. The number of ether oxygens (including phenoxy) is 6. The van der Waals surface area contributed by atoms with Gasteiger partial charge in [-0.2, -0.15) is 0 Å². The highest BCUT2D eigenvalue weighted by molar-refractivity contribution is 5.92. The highest BCUT2D eigenvalue weighted by Gasteiger charge is 2.51. The lowest BCUT2D eigenvalue weighted by atomic mass is 9.78. The summed E-state index contributed by atoms with van der Waals surface area (Å²) < 4.78 is 34.5. The summed E-state index contributed by atoms with van der Waals surface area (Å²) in [4.78, 5) is 40.4. The Morgan fingerprint density at radius 1 is 0.453 bits per heavy atom. The van der Waals surface area contributed by atoms with Gasteiger partial charge in [0.1, 0.15) is 59.4 Å². The fraction of sp³-hybridized carbons (Fsp3) is 0.188. The van der Waals surface area contributed by atoms with Crippen LogP contribution in [0.25, 0.3) is 0 Å². The number of rotatable bonds is 11. The van der Waals surface area contributed by atoms with Crippen molar-refractivity contribution in [2.75, 3.05) is 6.61 Å². The summed E-state index contributed by atoms with van der Waals surface area (Å²) in [5.41, 5.74) is -3.31. The number of aromatic hydroxyl groups is 16. The van der Waals surface area contributed by atoms with Crippen molar-refractivity contribution in [1.82, 2.24) is 0 Å². The molecule has 75 heavy (non-hydrogen) atoms. The van der Waals surface area contributed by atoms with Gasteiger partial charge < -0.3 is 120 Å². The maximum absolute atomic E-state index is 13.9. The van der Waals surface area contributed by atoms with Crippen molar-refractivity contribution in [2.24, 2.45) is 0 Å². The summed E-state index contributed by atoms with van der Waals surface area (Å²) in [6, 6.07) is 8.86. The fourth-order valence-electron chi connectivity index (χ4n) is 8.21. The molecule has 27 heteroatoms. The molecule has 27 nitrogen and oxygen atoms in total. The molecule has 6 aromatic carbocycles. The predicted octanol–water partition coefficient (Wildman–Crippen LogP) is 2.38. The van der Waals surface area contributed by atoms with Gasteiger partial charge in [-0.3, -0.25) is 0 Å². The van der Waals surface area contributed by atoms with Gasteiger partial charge in [0, 0.05) is 41.0 Å². The first-order chi connectivity index (χ1) is 35.3. The lowest BCUT2D eigenvalue weighted by Crippen LogP contribution is -2.61. The number of hydrogen-bond acceptors (Lipinski definition) is 27. The molecule has 0 saturated carbocycles. The van der Waals surface area contributed by atoms with E-state index in [0.717, 1.165) is 36.4 Å². The molecule has 1 saturated heterocycles. The third-order valence-electron chi connectivity index (χ3n) is 11.8. The minimum atomic E-state index is -2.28. The minimum Gasteiger partial charge on any atom is -0.508 e. The van der Waals surface area contributed by atoms with Crippen molar-refractivity contribution in [3.63, 3.8) is 0 Å². The SMILES string of the molecule is O=C(OC[C@@H]1O[C@@H](Oc2cc(O)c3c(c2)O[C@H](c2cc(O)c(O)c(O)c2)[C@@H](OC(=O)c2cc(O)c(O)c(O)c2)[C@@H]3c2c(O)cc(O)cc2O)[C@H](OC(=O)c2cc(O)c(O)c(O)c2)[C@@H](O)[C@@H]1O)c1cc(O)c(O)c(O)c1. The Morgan fingerprint density at radius 3 is 1.33 bits per heavy atom. The number of phenols is 16. The van der Waals surface area contributed by atoms with Gasteiger partial charge in [-0.1, -0.05) is 0 Å². The van der Waals surface area contributed by atoms with Gasteiger partial charge in [0.25, 0.3) is 0 Å². The van der Waals surface area contributed by atoms with Gasteiger partial charge >= 0.3 is 17.9 Å². The Morgan fingerprint density at radius 2 is 0.867 bits per heavy atom. The monoisotopic (exact) mass is 1050 g/mol. The predicted molar refractivity (Wildman–Crippen MR) is 240 cm³/mol. The highest BCUT2D eigenvalue weighted by Crippen LogP contribution is 2.56. The van der Waals surface area contributed by atoms with Crippen LogP contribution < -0.4 is 9.47 Å². The van der Waals surface area contributed by atoms with E-state index >= 15 is 0 Å².